The molecule has 1 aromatic carbocycles. The van der Waals surface area contributed by atoms with Gasteiger partial charge in [0.25, 0.3) is 5.91 Å². The van der Waals surface area contributed by atoms with Gasteiger partial charge in [-0.25, -0.2) is 8.42 Å². The summed E-state index contributed by atoms with van der Waals surface area (Å²) in [6, 6.07) is 6.30. The number of amides is 2. The van der Waals surface area contributed by atoms with Crippen molar-refractivity contribution >= 4 is 21.8 Å². The fourth-order valence-electron chi connectivity index (χ4n) is 4.04. The maximum atomic E-state index is 12.8. The molecule has 1 heterocycles. The molecular formula is C21H31N3O5S. The molecule has 1 saturated carbocycles. The molecule has 0 aromatic heterocycles. The molecular weight excluding hydrogens is 406 g/mol. The quantitative estimate of drug-likeness (QED) is 0.674. The van der Waals surface area contributed by atoms with E-state index in [0.717, 1.165) is 25.7 Å². The molecule has 1 unspecified atom stereocenters. The highest BCUT2D eigenvalue weighted by molar-refractivity contribution is 7.89. The van der Waals surface area contributed by atoms with Crippen LogP contribution in [0.3, 0.4) is 0 Å². The number of nitrogens with one attached hydrogen (secondary N) is 1. The Hall–Kier alpha value is -2.13. The van der Waals surface area contributed by atoms with E-state index in [1.165, 1.54) is 22.9 Å². The number of rotatable bonds is 7. The first-order valence-corrected chi connectivity index (χ1v) is 12.1. The second-order valence-corrected chi connectivity index (χ2v) is 10.1. The lowest BCUT2D eigenvalue weighted by molar-refractivity contribution is -0.128. The number of nitrogens with two attached hydrogens (primary N) is 1. The second kappa shape index (κ2) is 9.78. The van der Waals surface area contributed by atoms with Crippen LogP contribution in [0, 0.1) is 5.92 Å². The van der Waals surface area contributed by atoms with E-state index in [9.17, 15) is 18.0 Å². The van der Waals surface area contributed by atoms with Crippen LogP contribution in [-0.2, 0) is 19.6 Å². The minimum absolute atomic E-state index is 0.157. The van der Waals surface area contributed by atoms with Crippen molar-refractivity contribution in [3.05, 3.63) is 24.3 Å². The number of nitrogens with zero attached hydrogens (tertiary/aromatic N) is 1. The van der Waals surface area contributed by atoms with Gasteiger partial charge in [-0.05, 0) is 56.9 Å². The number of carbonyl (C=O) groups excluding carboxylic acids is 2. The van der Waals surface area contributed by atoms with E-state index in [1.807, 2.05) is 0 Å². The Bertz CT molecular complexity index is 842. The molecule has 2 aliphatic rings. The van der Waals surface area contributed by atoms with Crippen molar-refractivity contribution < 1.29 is 22.7 Å². The van der Waals surface area contributed by atoms with Gasteiger partial charge in [0.15, 0.2) is 6.10 Å². The van der Waals surface area contributed by atoms with Gasteiger partial charge in [0.2, 0.25) is 15.9 Å². The summed E-state index contributed by atoms with van der Waals surface area (Å²) in [5.41, 5.74) is 5.31. The topological polar surface area (TPSA) is 119 Å². The molecule has 0 radical (unpaired) electrons. The standard InChI is InChI=1S/C21H31N3O5S/c1-15(21(26)23-17-5-3-2-4-6-17)29-18-7-9-19(10-8-18)30(27,28)24-13-11-16(12-14-24)20(22)25/h7-10,15-17H,2-6,11-14H2,1H3,(H2,22,25)(H,23,26). The molecule has 1 saturated heterocycles. The maximum Gasteiger partial charge on any atom is 0.260 e. The SMILES string of the molecule is CC(Oc1ccc(S(=O)(=O)N2CCC(C(N)=O)CC2)cc1)C(=O)NC1CCCCC1. The highest BCUT2D eigenvalue weighted by atomic mass is 32.2. The summed E-state index contributed by atoms with van der Waals surface area (Å²) in [7, 11) is -3.65. The molecule has 2 fully saturated rings. The van der Waals surface area contributed by atoms with E-state index in [2.05, 4.69) is 5.32 Å². The van der Waals surface area contributed by atoms with E-state index >= 15 is 0 Å². The molecule has 1 aromatic rings. The summed E-state index contributed by atoms with van der Waals surface area (Å²) in [5, 5.41) is 3.03. The van der Waals surface area contributed by atoms with Crippen LogP contribution in [0.25, 0.3) is 0 Å². The van der Waals surface area contributed by atoms with E-state index in [-0.39, 0.29) is 41.8 Å². The average molecular weight is 438 g/mol. The van der Waals surface area contributed by atoms with Crippen molar-refractivity contribution in [3.63, 3.8) is 0 Å². The zero-order valence-corrected chi connectivity index (χ0v) is 18.2. The lowest BCUT2D eigenvalue weighted by Gasteiger charge is -2.29. The molecule has 8 nitrogen and oxygen atoms in total. The first-order valence-electron chi connectivity index (χ1n) is 10.6. The number of primary amides is 1. The molecule has 1 atom stereocenters. The molecule has 9 heteroatoms. The zero-order chi connectivity index (χ0) is 21.7. The molecule has 2 amide bonds. The fraction of sp³-hybridized carbons (Fsp3) is 0.619. The largest absolute Gasteiger partial charge is 0.481 e. The third-order valence-electron chi connectivity index (χ3n) is 5.95. The lowest BCUT2D eigenvalue weighted by atomic mass is 9.95. The van der Waals surface area contributed by atoms with Crippen LogP contribution in [-0.4, -0.2) is 49.8 Å². The molecule has 1 aliphatic carbocycles. The van der Waals surface area contributed by atoms with Gasteiger partial charge in [0, 0.05) is 25.0 Å². The summed E-state index contributed by atoms with van der Waals surface area (Å²) < 4.78 is 32.7. The second-order valence-electron chi connectivity index (χ2n) is 8.16. The number of sulfonamides is 1. The smallest absolute Gasteiger partial charge is 0.260 e. The fourth-order valence-corrected chi connectivity index (χ4v) is 5.51. The number of carbonyl (C=O) groups is 2. The number of piperidine rings is 1. The summed E-state index contributed by atoms with van der Waals surface area (Å²) in [6.45, 7) is 2.23. The first kappa shape index (κ1) is 22.6. The summed E-state index contributed by atoms with van der Waals surface area (Å²) >= 11 is 0. The Morgan fingerprint density at radius 2 is 1.67 bits per heavy atom. The monoisotopic (exact) mass is 437 g/mol. The summed E-state index contributed by atoms with van der Waals surface area (Å²) in [5.74, 6) is -0.368. The minimum atomic E-state index is -3.65. The molecule has 30 heavy (non-hydrogen) atoms. The highest BCUT2D eigenvalue weighted by Gasteiger charge is 2.31. The van der Waals surface area contributed by atoms with Gasteiger partial charge in [-0.2, -0.15) is 4.31 Å². The number of benzene rings is 1. The Kier molecular flexibility index (Phi) is 7.36. The summed E-state index contributed by atoms with van der Waals surface area (Å²) in [6.07, 6.45) is 5.70. The Morgan fingerprint density at radius 3 is 2.23 bits per heavy atom. The van der Waals surface area contributed by atoms with Crippen molar-refractivity contribution in [2.24, 2.45) is 11.7 Å². The van der Waals surface area contributed by atoms with E-state index in [4.69, 9.17) is 10.5 Å². The molecule has 166 valence electrons. The Morgan fingerprint density at radius 1 is 1.07 bits per heavy atom. The minimum Gasteiger partial charge on any atom is -0.481 e. The van der Waals surface area contributed by atoms with Crippen molar-refractivity contribution in [1.82, 2.24) is 9.62 Å². The summed E-state index contributed by atoms with van der Waals surface area (Å²) in [4.78, 5) is 23.8. The van der Waals surface area contributed by atoms with Crippen LogP contribution in [0.4, 0.5) is 0 Å². The van der Waals surface area contributed by atoms with Gasteiger partial charge in [-0.3, -0.25) is 9.59 Å². The predicted molar refractivity (Wildman–Crippen MR) is 112 cm³/mol. The van der Waals surface area contributed by atoms with Crippen molar-refractivity contribution in [2.75, 3.05) is 13.1 Å². The molecule has 0 bridgehead atoms. The van der Waals surface area contributed by atoms with E-state index < -0.39 is 16.1 Å². The lowest BCUT2D eigenvalue weighted by Crippen LogP contribution is -2.43. The van der Waals surface area contributed by atoms with Crippen molar-refractivity contribution in [2.45, 2.75) is 68.9 Å². The van der Waals surface area contributed by atoms with Gasteiger partial charge in [-0.1, -0.05) is 19.3 Å². The molecule has 3 N–H and O–H groups in total. The van der Waals surface area contributed by atoms with E-state index in [0.29, 0.717) is 18.6 Å². The number of ether oxygens (including phenoxy) is 1. The van der Waals surface area contributed by atoms with Crippen LogP contribution in [0.2, 0.25) is 0 Å². The van der Waals surface area contributed by atoms with E-state index in [1.54, 1.807) is 19.1 Å². The third kappa shape index (κ3) is 5.51. The highest BCUT2D eigenvalue weighted by Crippen LogP contribution is 2.25. The number of hydrogen-bond donors (Lipinski definition) is 2. The zero-order valence-electron chi connectivity index (χ0n) is 17.4. The predicted octanol–water partition coefficient (Wildman–Crippen LogP) is 1.79. The van der Waals surface area contributed by atoms with Crippen LogP contribution < -0.4 is 15.8 Å². The van der Waals surface area contributed by atoms with Crippen LogP contribution >= 0.6 is 0 Å². The van der Waals surface area contributed by atoms with Gasteiger partial charge < -0.3 is 15.8 Å². The van der Waals surface area contributed by atoms with Crippen molar-refractivity contribution in [3.8, 4) is 5.75 Å². The maximum absolute atomic E-state index is 12.8. The Labute approximate surface area is 178 Å². The number of hydrogen-bond acceptors (Lipinski definition) is 5. The molecule has 0 spiro atoms. The van der Waals surface area contributed by atoms with Gasteiger partial charge >= 0.3 is 0 Å². The normalized spacial score (nSPS) is 20.4. The Balaban J connectivity index is 1.56. The first-order chi connectivity index (χ1) is 14.3. The van der Waals surface area contributed by atoms with Gasteiger partial charge in [0.05, 0.1) is 4.90 Å². The molecule has 1 aliphatic heterocycles. The molecule has 3 rings (SSSR count). The average Bonchev–Trinajstić information content (AvgIpc) is 2.75. The van der Waals surface area contributed by atoms with Crippen LogP contribution in [0.15, 0.2) is 29.2 Å². The van der Waals surface area contributed by atoms with Gasteiger partial charge in [0.1, 0.15) is 5.75 Å². The van der Waals surface area contributed by atoms with Crippen LogP contribution in [0.1, 0.15) is 51.9 Å². The third-order valence-corrected chi connectivity index (χ3v) is 7.86. The van der Waals surface area contributed by atoms with Gasteiger partial charge in [-0.15, -0.1) is 0 Å². The van der Waals surface area contributed by atoms with Crippen molar-refractivity contribution in [1.29, 1.82) is 0 Å². The van der Waals surface area contributed by atoms with Crippen LogP contribution in [0.5, 0.6) is 5.75 Å².